The molecule has 2 aromatic carbocycles. The van der Waals surface area contributed by atoms with Crippen molar-refractivity contribution < 1.29 is 27.0 Å². The molecular weight excluding hydrogens is 524 g/mol. The summed E-state index contributed by atoms with van der Waals surface area (Å²) in [6.45, 7) is 1.67. The average molecular weight is 540 g/mol. The molecule has 0 aliphatic carbocycles. The van der Waals surface area contributed by atoms with Gasteiger partial charge in [-0.2, -0.15) is 13.2 Å². The molecule has 1 fully saturated rings. The molecule has 1 atom stereocenters. The Morgan fingerprint density at radius 1 is 1.18 bits per heavy atom. The molecule has 1 saturated heterocycles. The lowest BCUT2D eigenvalue weighted by Gasteiger charge is -2.30. The Kier molecular flexibility index (Phi) is 6.46. The molecule has 2 aromatic rings. The zero-order chi connectivity index (χ0) is 24.1. The van der Waals surface area contributed by atoms with E-state index in [9.17, 15) is 22.2 Å². The average Bonchev–Trinajstić information content (AvgIpc) is 3.17. The number of nitrogens with one attached hydrogen (secondary N) is 1. The van der Waals surface area contributed by atoms with Crippen LogP contribution in [0.4, 0.5) is 13.2 Å². The van der Waals surface area contributed by atoms with E-state index in [4.69, 9.17) is 39.6 Å². The van der Waals surface area contributed by atoms with Gasteiger partial charge in [0.1, 0.15) is 0 Å². The summed E-state index contributed by atoms with van der Waals surface area (Å²) in [4.78, 5) is 17.5. The van der Waals surface area contributed by atoms with Crippen LogP contribution in [-0.4, -0.2) is 39.6 Å². The van der Waals surface area contributed by atoms with E-state index < -0.39 is 29.0 Å². The SMILES string of the molecule is Cc1cc(C2=NO[C@@](c3cc(Cl)c(Cl)c(Cl)c3)(C(F)(F)F)C2)ccc1C(=O)NC1CS(=O)C1. The largest absolute Gasteiger partial charge is 0.435 e. The van der Waals surface area contributed by atoms with Crippen LogP contribution in [0.3, 0.4) is 0 Å². The fourth-order valence-corrected chi connectivity index (χ4v) is 5.25. The molecule has 5 nitrogen and oxygen atoms in total. The highest BCUT2D eigenvalue weighted by atomic mass is 35.5. The lowest BCUT2D eigenvalue weighted by atomic mass is 9.86. The predicted octanol–water partition coefficient (Wildman–Crippen LogP) is 5.40. The maximum atomic E-state index is 14.2. The number of oxime groups is 1. The van der Waals surface area contributed by atoms with Gasteiger partial charge in [0.05, 0.1) is 26.8 Å². The van der Waals surface area contributed by atoms with Crippen LogP contribution in [-0.2, 0) is 21.2 Å². The van der Waals surface area contributed by atoms with Crippen molar-refractivity contribution in [3.8, 4) is 0 Å². The van der Waals surface area contributed by atoms with E-state index in [2.05, 4.69) is 10.5 Å². The predicted molar refractivity (Wildman–Crippen MR) is 122 cm³/mol. The quantitative estimate of drug-likeness (QED) is 0.529. The molecule has 2 aliphatic rings. The van der Waals surface area contributed by atoms with Crippen LogP contribution in [0, 0.1) is 6.92 Å². The summed E-state index contributed by atoms with van der Waals surface area (Å²) in [6, 6.07) is 6.58. The monoisotopic (exact) mass is 538 g/mol. The third-order valence-electron chi connectivity index (χ3n) is 5.55. The summed E-state index contributed by atoms with van der Waals surface area (Å²) in [5.41, 5.74) is -1.75. The van der Waals surface area contributed by atoms with Crippen molar-refractivity contribution in [1.82, 2.24) is 5.32 Å². The minimum Gasteiger partial charge on any atom is -0.374 e. The van der Waals surface area contributed by atoms with Gasteiger partial charge in [0.25, 0.3) is 11.5 Å². The number of nitrogens with zero attached hydrogens (tertiary/aromatic N) is 1. The first-order valence-corrected chi connectivity index (χ1v) is 12.3. The molecular formula is C21H16Cl3F3N2O3S. The zero-order valence-electron chi connectivity index (χ0n) is 16.9. The zero-order valence-corrected chi connectivity index (χ0v) is 20.0. The number of rotatable bonds is 4. The molecule has 1 amide bonds. The molecule has 176 valence electrons. The number of amides is 1. The van der Waals surface area contributed by atoms with Gasteiger partial charge in [-0.25, -0.2) is 0 Å². The van der Waals surface area contributed by atoms with Crippen LogP contribution in [0.2, 0.25) is 15.1 Å². The minimum absolute atomic E-state index is 0.0546. The van der Waals surface area contributed by atoms with Crippen LogP contribution in [0.1, 0.15) is 33.5 Å². The van der Waals surface area contributed by atoms with E-state index >= 15 is 0 Å². The number of hydrogen-bond donors (Lipinski definition) is 1. The Morgan fingerprint density at radius 2 is 1.82 bits per heavy atom. The second-order valence-corrected chi connectivity index (χ2v) is 10.6. The molecule has 0 radical (unpaired) electrons. The lowest BCUT2D eigenvalue weighted by molar-refractivity contribution is -0.275. The summed E-state index contributed by atoms with van der Waals surface area (Å²) in [5.74, 6) is 0.491. The highest BCUT2D eigenvalue weighted by Gasteiger charge is 2.62. The van der Waals surface area contributed by atoms with E-state index in [0.717, 1.165) is 12.1 Å². The lowest BCUT2D eigenvalue weighted by Crippen LogP contribution is -2.50. The van der Waals surface area contributed by atoms with Crippen molar-refractivity contribution in [2.75, 3.05) is 11.5 Å². The van der Waals surface area contributed by atoms with E-state index in [0.29, 0.717) is 28.2 Å². The number of carbonyl (C=O) groups is 1. The van der Waals surface area contributed by atoms with Gasteiger partial charge < -0.3 is 10.2 Å². The Balaban J connectivity index is 1.60. The van der Waals surface area contributed by atoms with Crippen molar-refractivity contribution in [1.29, 1.82) is 0 Å². The van der Waals surface area contributed by atoms with Crippen molar-refractivity contribution in [3.63, 3.8) is 0 Å². The van der Waals surface area contributed by atoms with Crippen molar-refractivity contribution in [3.05, 3.63) is 67.7 Å². The van der Waals surface area contributed by atoms with Crippen molar-refractivity contribution in [2.45, 2.75) is 31.2 Å². The number of halogens is 6. The van der Waals surface area contributed by atoms with E-state index in [-0.39, 0.29) is 38.3 Å². The number of aryl methyl sites for hydroxylation is 1. The molecule has 0 saturated carbocycles. The molecule has 2 aliphatic heterocycles. The molecule has 1 N–H and O–H groups in total. The maximum absolute atomic E-state index is 14.2. The second-order valence-electron chi connectivity index (χ2n) is 7.86. The number of benzene rings is 2. The standard InChI is InChI=1S/C21H16Cl3F3N2O3S/c1-10-4-11(2-3-14(10)19(30)28-13-8-33(31)9-13)17-7-20(32-29-17,21(25,26)27)12-5-15(22)18(24)16(23)6-12/h2-6,13H,7-9H2,1H3,(H,28,30)/t13?,20-,33?/m0/s1. The molecule has 2 heterocycles. The highest BCUT2D eigenvalue weighted by Crippen LogP contribution is 2.50. The normalized spacial score (nSPS) is 24.6. The first-order chi connectivity index (χ1) is 15.4. The topological polar surface area (TPSA) is 67.8 Å². The number of hydrogen-bond acceptors (Lipinski definition) is 4. The molecule has 0 aromatic heterocycles. The Hall–Kier alpha value is -1.81. The van der Waals surface area contributed by atoms with Crippen molar-refractivity contribution in [2.24, 2.45) is 5.16 Å². The van der Waals surface area contributed by atoms with Gasteiger partial charge in [-0.1, -0.05) is 46.0 Å². The molecule has 33 heavy (non-hydrogen) atoms. The van der Waals surface area contributed by atoms with Crippen molar-refractivity contribution >= 4 is 57.2 Å². The minimum atomic E-state index is -4.84. The molecule has 0 bridgehead atoms. The van der Waals surface area contributed by atoms with Gasteiger partial charge in [0, 0.05) is 39.9 Å². The summed E-state index contributed by atoms with van der Waals surface area (Å²) in [7, 11) is -0.901. The molecule has 12 heteroatoms. The van der Waals surface area contributed by atoms with E-state index in [1.54, 1.807) is 13.0 Å². The number of alkyl halides is 3. The van der Waals surface area contributed by atoms with Gasteiger partial charge in [0.2, 0.25) is 0 Å². The van der Waals surface area contributed by atoms with Crippen LogP contribution in [0.5, 0.6) is 0 Å². The Morgan fingerprint density at radius 3 is 2.36 bits per heavy atom. The van der Waals surface area contributed by atoms with E-state index in [1.165, 1.54) is 12.1 Å². The molecule has 0 unspecified atom stereocenters. The van der Waals surface area contributed by atoms with Crippen LogP contribution in [0.15, 0.2) is 35.5 Å². The van der Waals surface area contributed by atoms with E-state index in [1.807, 2.05) is 0 Å². The highest BCUT2D eigenvalue weighted by molar-refractivity contribution is 7.86. The van der Waals surface area contributed by atoms with Gasteiger partial charge in [-0.3, -0.25) is 9.00 Å². The Labute approximate surface area is 204 Å². The summed E-state index contributed by atoms with van der Waals surface area (Å²) < 4.78 is 53.8. The molecule has 0 spiro atoms. The second kappa shape index (κ2) is 8.76. The number of carbonyl (C=O) groups excluding carboxylic acids is 1. The smallest absolute Gasteiger partial charge is 0.374 e. The van der Waals surface area contributed by atoms with Crippen LogP contribution >= 0.6 is 34.8 Å². The van der Waals surface area contributed by atoms with Crippen LogP contribution < -0.4 is 5.32 Å². The summed E-state index contributed by atoms with van der Waals surface area (Å²) in [6.07, 6.45) is -5.46. The fourth-order valence-electron chi connectivity index (χ4n) is 3.69. The third kappa shape index (κ3) is 4.48. The van der Waals surface area contributed by atoms with Gasteiger partial charge in [0.15, 0.2) is 0 Å². The van der Waals surface area contributed by atoms with Gasteiger partial charge in [-0.05, 0) is 42.3 Å². The first kappa shape index (κ1) is 24.3. The third-order valence-corrected chi connectivity index (χ3v) is 8.29. The first-order valence-electron chi connectivity index (χ1n) is 9.65. The summed E-state index contributed by atoms with van der Waals surface area (Å²) in [5, 5.41) is 6.18. The summed E-state index contributed by atoms with van der Waals surface area (Å²) >= 11 is 17.8. The molecule has 4 rings (SSSR count). The van der Waals surface area contributed by atoms with Gasteiger partial charge >= 0.3 is 6.18 Å². The Bertz CT molecular complexity index is 1170. The van der Waals surface area contributed by atoms with Gasteiger partial charge in [-0.15, -0.1) is 0 Å². The maximum Gasteiger partial charge on any atom is 0.435 e. The van der Waals surface area contributed by atoms with Crippen LogP contribution in [0.25, 0.3) is 0 Å². The fraction of sp³-hybridized carbons (Fsp3) is 0.333.